The van der Waals surface area contributed by atoms with E-state index in [1.54, 1.807) is 0 Å². The van der Waals surface area contributed by atoms with Crippen LogP contribution >= 0.6 is 0 Å². The van der Waals surface area contributed by atoms with Crippen LogP contribution in [0.3, 0.4) is 0 Å². The smallest absolute Gasteiger partial charge is 0.662 e. The summed E-state index contributed by atoms with van der Waals surface area (Å²) in [6.45, 7) is 6.83. The van der Waals surface area contributed by atoms with E-state index in [0.29, 0.717) is 0 Å². The van der Waals surface area contributed by atoms with Crippen LogP contribution in [0.1, 0.15) is 155 Å². The minimum Gasteiger partial charge on any atom is -0.662 e. The molecule has 0 fully saturated rings. The molecule has 164 valence electrons. The SMILES string of the molecule is CCCCCCCCCCCCC[N-]CCCCCCCCCCCCC.[Na+]. The molecule has 0 amide bonds. The Hall–Kier alpha value is 0.960. The van der Waals surface area contributed by atoms with Gasteiger partial charge in [0.25, 0.3) is 0 Å². The van der Waals surface area contributed by atoms with Crippen molar-refractivity contribution in [2.75, 3.05) is 13.1 Å². The third kappa shape index (κ3) is 29.2. The summed E-state index contributed by atoms with van der Waals surface area (Å²) in [6, 6.07) is 0. The molecule has 0 spiro atoms. The molecule has 0 atom stereocenters. The fraction of sp³-hybridized carbons (Fsp3) is 1.00. The second kappa shape index (κ2) is 30.2. The molecule has 0 aromatic carbocycles. The first-order valence-corrected chi connectivity index (χ1v) is 13.0. The van der Waals surface area contributed by atoms with Crippen molar-refractivity contribution in [2.45, 2.75) is 155 Å². The van der Waals surface area contributed by atoms with Crippen molar-refractivity contribution in [3.05, 3.63) is 5.32 Å². The van der Waals surface area contributed by atoms with E-state index < -0.39 is 0 Å². The van der Waals surface area contributed by atoms with Crippen LogP contribution in [0.5, 0.6) is 0 Å². The van der Waals surface area contributed by atoms with Gasteiger partial charge in [0.15, 0.2) is 0 Å². The van der Waals surface area contributed by atoms with Crippen LogP contribution in [-0.4, -0.2) is 13.1 Å². The predicted molar refractivity (Wildman–Crippen MR) is 126 cm³/mol. The first-order chi connectivity index (χ1) is 13.4. The number of unbranched alkanes of at least 4 members (excludes halogenated alkanes) is 20. The van der Waals surface area contributed by atoms with Gasteiger partial charge >= 0.3 is 29.6 Å². The Balaban J connectivity index is 0. The molecule has 1 nitrogen and oxygen atoms in total. The molecule has 2 heteroatoms. The average Bonchev–Trinajstić information content (AvgIpc) is 2.68. The zero-order valence-corrected chi connectivity index (χ0v) is 22.4. The third-order valence-electron chi connectivity index (χ3n) is 5.84. The normalized spacial score (nSPS) is 10.9. The van der Waals surface area contributed by atoms with Crippen molar-refractivity contribution in [1.82, 2.24) is 0 Å². The van der Waals surface area contributed by atoms with Gasteiger partial charge < -0.3 is 5.32 Å². The topological polar surface area (TPSA) is 14.1 Å². The van der Waals surface area contributed by atoms with Gasteiger partial charge in [-0.15, -0.1) is 13.1 Å². The van der Waals surface area contributed by atoms with Crippen LogP contribution in [0.2, 0.25) is 0 Å². The van der Waals surface area contributed by atoms with Gasteiger partial charge in [0.2, 0.25) is 0 Å². The van der Waals surface area contributed by atoms with E-state index in [0.717, 1.165) is 13.1 Å². The third-order valence-corrected chi connectivity index (χ3v) is 5.84. The summed E-state index contributed by atoms with van der Waals surface area (Å²) < 4.78 is 0. The minimum absolute atomic E-state index is 0. The number of nitrogens with zero attached hydrogens (tertiary/aromatic N) is 1. The maximum Gasteiger partial charge on any atom is 1.00 e. The fourth-order valence-electron chi connectivity index (χ4n) is 3.89. The van der Waals surface area contributed by atoms with Crippen LogP contribution in [0.15, 0.2) is 0 Å². The van der Waals surface area contributed by atoms with E-state index in [1.807, 2.05) is 0 Å². The first kappa shape index (κ1) is 31.1. The number of rotatable bonds is 24. The molecule has 0 aliphatic heterocycles. The Morgan fingerprint density at radius 2 is 0.536 bits per heavy atom. The fourth-order valence-corrected chi connectivity index (χ4v) is 3.89. The van der Waals surface area contributed by atoms with Gasteiger partial charge in [-0.3, -0.25) is 0 Å². The summed E-state index contributed by atoms with van der Waals surface area (Å²) in [5.74, 6) is 0. The minimum atomic E-state index is 0. The zero-order chi connectivity index (χ0) is 19.7. The van der Waals surface area contributed by atoms with Crippen LogP contribution in [0, 0.1) is 0 Å². The monoisotopic (exact) mass is 403 g/mol. The number of hydrogen-bond donors (Lipinski definition) is 0. The molecule has 0 N–H and O–H groups in total. The summed E-state index contributed by atoms with van der Waals surface area (Å²) in [6.07, 6.45) is 31.4. The standard InChI is InChI=1S/C26H54N.Na/c1-3-5-7-9-11-13-15-17-19-21-23-25-27-26-24-22-20-18-16-14-12-10-8-6-4-2;/h3-26H2,1-2H3;/q-1;+1. The van der Waals surface area contributed by atoms with Crippen molar-refractivity contribution in [1.29, 1.82) is 0 Å². The Labute approximate surface area is 202 Å². The summed E-state index contributed by atoms with van der Waals surface area (Å²) in [4.78, 5) is 0. The van der Waals surface area contributed by atoms with Gasteiger partial charge in [-0.1, -0.05) is 155 Å². The molecule has 0 radical (unpaired) electrons. The Bertz CT molecular complexity index is 221. The van der Waals surface area contributed by atoms with Crippen molar-refractivity contribution in [3.8, 4) is 0 Å². The van der Waals surface area contributed by atoms with E-state index in [2.05, 4.69) is 13.8 Å². The zero-order valence-electron chi connectivity index (χ0n) is 20.4. The molecule has 0 rings (SSSR count). The van der Waals surface area contributed by atoms with Crippen LogP contribution in [0.4, 0.5) is 0 Å². The van der Waals surface area contributed by atoms with Crippen molar-refractivity contribution in [3.63, 3.8) is 0 Å². The summed E-state index contributed by atoms with van der Waals surface area (Å²) in [5, 5.41) is 4.72. The van der Waals surface area contributed by atoms with E-state index >= 15 is 0 Å². The van der Waals surface area contributed by atoms with Gasteiger partial charge in [0.1, 0.15) is 0 Å². The number of hydrogen-bond acceptors (Lipinski definition) is 0. The molecule has 0 aromatic rings. The van der Waals surface area contributed by atoms with Gasteiger partial charge in [0, 0.05) is 0 Å². The summed E-state index contributed by atoms with van der Waals surface area (Å²) >= 11 is 0. The molecule has 0 saturated heterocycles. The molecule has 0 heterocycles. The molecule has 0 aliphatic carbocycles. The molecular weight excluding hydrogens is 349 g/mol. The van der Waals surface area contributed by atoms with Gasteiger partial charge in [0.05, 0.1) is 0 Å². The molecule has 0 aromatic heterocycles. The predicted octanol–water partition coefficient (Wildman–Crippen LogP) is 6.99. The van der Waals surface area contributed by atoms with E-state index in [4.69, 9.17) is 5.32 Å². The van der Waals surface area contributed by atoms with E-state index in [1.165, 1.54) is 141 Å². The van der Waals surface area contributed by atoms with E-state index in [-0.39, 0.29) is 29.6 Å². The molecule has 0 saturated carbocycles. The van der Waals surface area contributed by atoms with Crippen LogP contribution < -0.4 is 29.6 Å². The summed E-state index contributed by atoms with van der Waals surface area (Å²) in [5.41, 5.74) is 0. The molecular formula is C26H54NNa. The second-order valence-electron chi connectivity index (χ2n) is 8.74. The van der Waals surface area contributed by atoms with E-state index in [9.17, 15) is 0 Å². The summed E-state index contributed by atoms with van der Waals surface area (Å²) in [7, 11) is 0. The molecule has 0 bridgehead atoms. The van der Waals surface area contributed by atoms with Crippen molar-refractivity contribution >= 4 is 0 Å². The van der Waals surface area contributed by atoms with Gasteiger partial charge in [-0.25, -0.2) is 0 Å². The van der Waals surface area contributed by atoms with Crippen molar-refractivity contribution < 1.29 is 29.6 Å². The maximum atomic E-state index is 4.72. The van der Waals surface area contributed by atoms with Crippen molar-refractivity contribution in [2.24, 2.45) is 0 Å². The quantitative estimate of drug-likeness (QED) is 0.122. The molecule has 0 unspecified atom stereocenters. The maximum absolute atomic E-state index is 4.72. The second-order valence-corrected chi connectivity index (χ2v) is 8.74. The Kier molecular flexibility index (Phi) is 33.5. The first-order valence-electron chi connectivity index (χ1n) is 13.0. The van der Waals surface area contributed by atoms with Crippen LogP contribution in [0.25, 0.3) is 5.32 Å². The van der Waals surface area contributed by atoms with Gasteiger partial charge in [-0.05, 0) is 0 Å². The largest absolute Gasteiger partial charge is 1.00 e. The average molecular weight is 404 g/mol. The van der Waals surface area contributed by atoms with Crippen LogP contribution in [-0.2, 0) is 0 Å². The molecule has 28 heavy (non-hydrogen) atoms. The van der Waals surface area contributed by atoms with Gasteiger partial charge in [-0.2, -0.15) is 0 Å². The Morgan fingerprint density at radius 3 is 0.786 bits per heavy atom. The Morgan fingerprint density at radius 1 is 0.321 bits per heavy atom. The molecule has 0 aliphatic rings.